The van der Waals surface area contributed by atoms with Crippen molar-refractivity contribution in [2.45, 2.75) is 26.4 Å². The van der Waals surface area contributed by atoms with Gasteiger partial charge in [-0.15, -0.1) is 0 Å². The molecule has 0 aliphatic heterocycles. The molecule has 0 N–H and O–H groups in total. The molecule has 0 spiro atoms. The number of fused-ring (bicyclic) bond motifs is 1. The molecule has 6 heteroatoms. The van der Waals surface area contributed by atoms with Gasteiger partial charge in [0.25, 0.3) is 0 Å². The first kappa shape index (κ1) is 21.4. The van der Waals surface area contributed by atoms with Crippen LogP contribution in [0.2, 0.25) is 0 Å². The van der Waals surface area contributed by atoms with Crippen molar-refractivity contribution in [1.29, 1.82) is 0 Å². The third kappa shape index (κ3) is 4.98. The van der Waals surface area contributed by atoms with E-state index in [0.717, 1.165) is 35.9 Å². The van der Waals surface area contributed by atoms with Crippen LogP contribution in [0.25, 0.3) is 10.8 Å². The summed E-state index contributed by atoms with van der Waals surface area (Å²) in [6.07, 6.45) is 5.76. The number of rotatable bonds is 5. The summed E-state index contributed by atoms with van der Waals surface area (Å²) in [5.41, 5.74) is 0.999. The van der Waals surface area contributed by atoms with Crippen molar-refractivity contribution < 1.29 is 26.7 Å². The molecule has 0 aliphatic rings. The molecule has 30 heavy (non-hydrogen) atoms. The first-order valence-electron chi connectivity index (χ1n) is 9.17. The van der Waals surface area contributed by atoms with Gasteiger partial charge in [-0.25, -0.2) is 13.2 Å². The van der Waals surface area contributed by atoms with Gasteiger partial charge in [-0.2, -0.15) is 8.78 Å². The fraction of sp³-hybridized carbons (Fsp3) is 0.167. The van der Waals surface area contributed by atoms with Crippen LogP contribution in [0.4, 0.5) is 22.0 Å². The van der Waals surface area contributed by atoms with Gasteiger partial charge in [0.15, 0.2) is 17.4 Å². The van der Waals surface area contributed by atoms with Gasteiger partial charge in [-0.05, 0) is 48.9 Å². The number of benzene rings is 3. The minimum absolute atomic E-state index is 0.0536. The van der Waals surface area contributed by atoms with E-state index in [4.69, 9.17) is 0 Å². The Hall–Kier alpha value is -3.33. The third-order valence-electron chi connectivity index (χ3n) is 4.40. The zero-order valence-corrected chi connectivity index (χ0v) is 16.0. The van der Waals surface area contributed by atoms with Crippen LogP contribution in [0.15, 0.2) is 54.6 Å². The molecule has 0 heterocycles. The zero-order valence-electron chi connectivity index (χ0n) is 16.0. The van der Waals surface area contributed by atoms with E-state index < -0.39 is 29.8 Å². The Labute approximate surface area is 170 Å². The molecule has 0 radical (unpaired) electrons. The monoisotopic (exact) mass is 416 g/mol. The number of hydrogen-bond acceptors (Lipinski definition) is 1. The van der Waals surface area contributed by atoms with Crippen LogP contribution in [-0.4, -0.2) is 6.61 Å². The lowest BCUT2D eigenvalue weighted by Gasteiger charge is -2.07. The maximum Gasteiger partial charge on any atom is 0.387 e. The molecule has 0 aromatic heterocycles. The molecule has 0 atom stereocenters. The van der Waals surface area contributed by atoms with Gasteiger partial charge in [0, 0.05) is 10.9 Å². The summed E-state index contributed by atoms with van der Waals surface area (Å²) < 4.78 is 70.6. The molecular weight excluding hydrogens is 399 g/mol. The molecule has 0 aliphatic carbocycles. The summed E-state index contributed by atoms with van der Waals surface area (Å²) in [7, 11) is 0. The highest BCUT2D eigenvalue weighted by molar-refractivity contribution is 5.85. The molecular formula is C24H17F5O. The van der Waals surface area contributed by atoms with E-state index in [9.17, 15) is 22.0 Å². The number of hydrogen-bond donors (Lipinski definition) is 0. The van der Waals surface area contributed by atoms with E-state index in [1.54, 1.807) is 12.1 Å². The van der Waals surface area contributed by atoms with E-state index in [1.807, 2.05) is 25.1 Å². The highest BCUT2D eigenvalue weighted by Gasteiger charge is 2.16. The van der Waals surface area contributed by atoms with Crippen LogP contribution >= 0.6 is 0 Å². The van der Waals surface area contributed by atoms with Crippen molar-refractivity contribution >= 4 is 10.8 Å². The fourth-order valence-corrected chi connectivity index (χ4v) is 2.98. The first-order valence-corrected chi connectivity index (χ1v) is 9.17. The quantitative estimate of drug-likeness (QED) is 0.253. The van der Waals surface area contributed by atoms with Crippen LogP contribution in [0.5, 0.6) is 5.75 Å². The average molecular weight is 416 g/mol. The second kappa shape index (κ2) is 9.45. The molecule has 154 valence electrons. The molecule has 3 aromatic carbocycles. The van der Waals surface area contributed by atoms with E-state index in [-0.39, 0.29) is 11.1 Å². The van der Waals surface area contributed by atoms with Crippen molar-refractivity contribution in [3.05, 3.63) is 88.8 Å². The van der Waals surface area contributed by atoms with Crippen LogP contribution in [0.1, 0.15) is 30.0 Å². The zero-order chi connectivity index (χ0) is 21.7. The SMILES string of the molecule is C/C=C/CCc1ccc2c(F)c(C#Cc3cc(F)c(OC(F)F)c(F)c3)ccc2c1. The Morgan fingerprint density at radius 1 is 0.967 bits per heavy atom. The summed E-state index contributed by atoms with van der Waals surface area (Å²) in [5.74, 6) is 0.633. The van der Waals surface area contributed by atoms with E-state index >= 15 is 0 Å². The molecule has 1 nitrogen and oxygen atoms in total. The summed E-state index contributed by atoms with van der Waals surface area (Å²) in [5, 5.41) is 1.11. The van der Waals surface area contributed by atoms with Gasteiger partial charge in [-0.1, -0.05) is 48.3 Å². The first-order chi connectivity index (χ1) is 14.4. The van der Waals surface area contributed by atoms with Gasteiger partial charge in [0.05, 0.1) is 5.56 Å². The number of aryl methyl sites for hydroxylation is 1. The molecule has 0 bridgehead atoms. The normalized spacial score (nSPS) is 11.2. The number of allylic oxidation sites excluding steroid dienone is 2. The maximum absolute atomic E-state index is 14.8. The predicted octanol–water partition coefficient (Wildman–Crippen LogP) is 6.77. The smallest absolute Gasteiger partial charge is 0.387 e. The van der Waals surface area contributed by atoms with Crippen LogP contribution < -0.4 is 4.74 Å². The standard InChI is InChI=1S/C24H17F5O/c1-2-3-4-5-15-7-11-19-18(12-15)10-9-17(22(19)27)8-6-16-13-20(25)23(21(26)14-16)30-24(28)29/h2-3,7,9-14,24H,4-5H2,1H3/b3-2+. The minimum atomic E-state index is -3.36. The molecule has 0 fully saturated rings. The average Bonchev–Trinajstić information content (AvgIpc) is 2.70. The maximum atomic E-state index is 14.8. The van der Waals surface area contributed by atoms with Crippen molar-refractivity contribution in [3.63, 3.8) is 0 Å². The van der Waals surface area contributed by atoms with Gasteiger partial charge < -0.3 is 4.74 Å². The lowest BCUT2D eigenvalue weighted by molar-refractivity contribution is -0.0546. The highest BCUT2D eigenvalue weighted by Crippen LogP contribution is 2.25. The summed E-state index contributed by atoms with van der Waals surface area (Å²) in [6.45, 7) is -1.41. The van der Waals surface area contributed by atoms with E-state index in [2.05, 4.69) is 22.7 Å². The largest absolute Gasteiger partial charge is 0.429 e. The van der Waals surface area contributed by atoms with Crippen molar-refractivity contribution in [3.8, 4) is 17.6 Å². The van der Waals surface area contributed by atoms with Gasteiger partial charge >= 0.3 is 6.61 Å². The van der Waals surface area contributed by atoms with E-state index in [1.165, 1.54) is 6.07 Å². The Morgan fingerprint density at radius 3 is 2.37 bits per heavy atom. The molecule has 3 aromatic rings. The Bertz CT molecular complexity index is 1130. The lowest BCUT2D eigenvalue weighted by atomic mass is 10.0. The van der Waals surface area contributed by atoms with E-state index in [0.29, 0.717) is 5.39 Å². The van der Waals surface area contributed by atoms with Crippen molar-refractivity contribution in [2.24, 2.45) is 0 Å². The topological polar surface area (TPSA) is 9.23 Å². The van der Waals surface area contributed by atoms with Crippen LogP contribution in [-0.2, 0) is 6.42 Å². The minimum Gasteiger partial charge on any atom is -0.429 e. The van der Waals surface area contributed by atoms with Crippen LogP contribution in [0, 0.1) is 29.3 Å². The molecule has 0 saturated heterocycles. The summed E-state index contributed by atoms with van der Waals surface area (Å²) in [6, 6.07) is 10.2. The predicted molar refractivity (Wildman–Crippen MR) is 106 cm³/mol. The molecule has 0 amide bonds. The Morgan fingerprint density at radius 2 is 1.70 bits per heavy atom. The third-order valence-corrected chi connectivity index (χ3v) is 4.40. The van der Waals surface area contributed by atoms with Gasteiger partial charge in [-0.3, -0.25) is 0 Å². The van der Waals surface area contributed by atoms with Crippen molar-refractivity contribution in [1.82, 2.24) is 0 Å². The number of alkyl halides is 2. The Kier molecular flexibility index (Phi) is 6.73. The highest BCUT2D eigenvalue weighted by atomic mass is 19.3. The lowest BCUT2D eigenvalue weighted by Crippen LogP contribution is -2.06. The fourth-order valence-electron chi connectivity index (χ4n) is 2.98. The molecule has 0 saturated carbocycles. The second-order valence-corrected chi connectivity index (χ2v) is 6.49. The summed E-state index contributed by atoms with van der Waals surface area (Å²) in [4.78, 5) is 0. The molecule has 3 rings (SSSR count). The second-order valence-electron chi connectivity index (χ2n) is 6.49. The number of ether oxygens (including phenoxy) is 1. The summed E-state index contributed by atoms with van der Waals surface area (Å²) >= 11 is 0. The van der Waals surface area contributed by atoms with Gasteiger partial charge in [0.2, 0.25) is 0 Å². The van der Waals surface area contributed by atoms with Gasteiger partial charge in [0.1, 0.15) is 5.82 Å². The Balaban J connectivity index is 1.89. The number of halogens is 5. The van der Waals surface area contributed by atoms with Crippen LogP contribution in [0.3, 0.4) is 0 Å². The molecule has 0 unspecified atom stereocenters. The van der Waals surface area contributed by atoms with Crippen molar-refractivity contribution in [2.75, 3.05) is 0 Å².